The van der Waals surface area contributed by atoms with Crippen molar-refractivity contribution in [2.75, 3.05) is 59.0 Å². The Labute approximate surface area is 158 Å². The summed E-state index contributed by atoms with van der Waals surface area (Å²) in [4.78, 5) is 20.6. The molecule has 8 nitrogen and oxygen atoms in total. The number of morpholine rings is 1. The SMILES string of the molecule is CCCN(CCNC(N)=NCCCN1CCOCC1)C(=O)OC(C)(C)C. The lowest BCUT2D eigenvalue weighted by molar-refractivity contribution is 0.0253. The van der Waals surface area contributed by atoms with E-state index in [1.807, 2.05) is 27.7 Å². The molecule has 8 heteroatoms. The highest BCUT2D eigenvalue weighted by atomic mass is 16.6. The monoisotopic (exact) mass is 371 g/mol. The minimum atomic E-state index is -0.489. The summed E-state index contributed by atoms with van der Waals surface area (Å²) in [6, 6.07) is 0. The smallest absolute Gasteiger partial charge is 0.410 e. The summed E-state index contributed by atoms with van der Waals surface area (Å²) in [5, 5.41) is 3.07. The zero-order chi connectivity index (χ0) is 19.4. The molecule has 0 aliphatic carbocycles. The lowest BCUT2D eigenvalue weighted by atomic mass is 10.2. The van der Waals surface area contributed by atoms with Gasteiger partial charge in [-0.25, -0.2) is 4.79 Å². The van der Waals surface area contributed by atoms with E-state index < -0.39 is 5.60 Å². The zero-order valence-corrected chi connectivity index (χ0v) is 16.9. The quantitative estimate of drug-likeness (QED) is 0.360. The van der Waals surface area contributed by atoms with Crippen molar-refractivity contribution in [3.63, 3.8) is 0 Å². The topological polar surface area (TPSA) is 92.4 Å². The van der Waals surface area contributed by atoms with Crippen molar-refractivity contribution in [3.05, 3.63) is 0 Å². The van der Waals surface area contributed by atoms with Crippen LogP contribution in [-0.4, -0.2) is 86.5 Å². The van der Waals surface area contributed by atoms with Crippen LogP contribution in [-0.2, 0) is 9.47 Å². The summed E-state index contributed by atoms with van der Waals surface area (Å²) in [7, 11) is 0. The van der Waals surface area contributed by atoms with Gasteiger partial charge >= 0.3 is 6.09 Å². The number of carbonyl (C=O) groups excluding carboxylic acids is 1. The summed E-state index contributed by atoms with van der Waals surface area (Å²) in [5.41, 5.74) is 5.41. The Balaban J connectivity index is 2.23. The Bertz CT molecular complexity index is 431. The van der Waals surface area contributed by atoms with Crippen LogP contribution < -0.4 is 11.1 Å². The predicted molar refractivity (Wildman–Crippen MR) is 104 cm³/mol. The predicted octanol–water partition coefficient (Wildman–Crippen LogP) is 1.26. The van der Waals surface area contributed by atoms with Gasteiger partial charge in [0.25, 0.3) is 0 Å². The van der Waals surface area contributed by atoms with Gasteiger partial charge in [0.05, 0.1) is 13.2 Å². The average Bonchev–Trinajstić information content (AvgIpc) is 2.57. The van der Waals surface area contributed by atoms with Crippen LogP contribution in [0, 0.1) is 0 Å². The molecular formula is C18H37N5O3. The molecule has 1 fully saturated rings. The van der Waals surface area contributed by atoms with E-state index in [0.29, 0.717) is 32.1 Å². The number of carbonyl (C=O) groups is 1. The molecule has 1 aliphatic heterocycles. The van der Waals surface area contributed by atoms with Crippen LogP contribution in [0.15, 0.2) is 4.99 Å². The zero-order valence-electron chi connectivity index (χ0n) is 16.9. The van der Waals surface area contributed by atoms with Crippen LogP contribution in [0.2, 0.25) is 0 Å². The fraction of sp³-hybridized carbons (Fsp3) is 0.889. The molecule has 1 saturated heterocycles. The molecule has 0 spiro atoms. The first-order chi connectivity index (χ1) is 12.3. The second-order valence-electron chi connectivity index (χ2n) is 7.47. The molecule has 1 amide bonds. The van der Waals surface area contributed by atoms with Gasteiger partial charge in [0.1, 0.15) is 5.60 Å². The summed E-state index contributed by atoms with van der Waals surface area (Å²) in [6.45, 7) is 14.7. The van der Waals surface area contributed by atoms with Gasteiger partial charge in [-0.05, 0) is 33.6 Å². The first-order valence-corrected chi connectivity index (χ1v) is 9.63. The molecule has 0 bridgehead atoms. The van der Waals surface area contributed by atoms with Gasteiger partial charge in [0.2, 0.25) is 0 Å². The van der Waals surface area contributed by atoms with E-state index in [0.717, 1.165) is 45.7 Å². The largest absolute Gasteiger partial charge is 0.444 e. The molecule has 26 heavy (non-hydrogen) atoms. The first-order valence-electron chi connectivity index (χ1n) is 9.63. The van der Waals surface area contributed by atoms with Gasteiger partial charge in [-0.15, -0.1) is 0 Å². The van der Waals surface area contributed by atoms with Gasteiger partial charge in [-0.1, -0.05) is 6.92 Å². The molecule has 0 unspecified atom stereocenters. The third-order valence-electron chi connectivity index (χ3n) is 3.85. The minimum absolute atomic E-state index is 0.290. The van der Waals surface area contributed by atoms with Crippen LogP contribution in [0.4, 0.5) is 4.79 Å². The molecule has 3 N–H and O–H groups in total. The lowest BCUT2D eigenvalue weighted by Gasteiger charge is -2.27. The van der Waals surface area contributed by atoms with E-state index in [4.69, 9.17) is 15.2 Å². The molecule has 1 aliphatic rings. The number of nitrogens with one attached hydrogen (secondary N) is 1. The van der Waals surface area contributed by atoms with Crippen molar-refractivity contribution in [2.45, 2.75) is 46.1 Å². The van der Waals surface area contributed by atoms with E-state index in [1.54, 1.807) is 4.90 Å². The molecule has 1 heterocycles. The molecule has 0 aromatic heterocycles. The maximum Gasteiger partial charge on any atom is 0.410 e. The van der Waals surface area contributed by atoms with Crippen LogP contribution in [0.25, 0.3) is 0 Å². The highest BCUT2D eigenvalue weighted by Crippen LogP contribution is 2.10. The van der Waals surface area contributed by atoms with E-state index in [-0.39, 0.29) is 6.09 Å². The Morgan fingerprint density at radius 1 is 1.31 bits per heavy atom. The maximum atomic E-state index is 12.2. The Hall–Kier alpha value is -1.54. The normalized spacial score (nSPS) is 16.4. The standard InChI is InChI=1S/C18H37N5O3/c1-5-9-23(17(24)26-18(2,3)4)11-8-21-16(19)20-7-6-10-22-12-14-25-15-13-22/h5-15H2,1-4H3,(H3,19,20,21). The third kappa shape index (κ3) is 10.5. The summed E-state index contributed by atoms with van der Waals surface area (Å²) >= 11 is 0. The minimum Gasteiger partial charge on any atom is -0.444 e. The van der Waals surface area contributed by atoms with E-state index in [1.165, 1.54) is 0 Å². The number of guanidine groups is 1. The number of ether oxygens (including phenoxy) is 2. The molecule has 0 aromatic rings. The van der Waals surface area contributed by atoms with Gasteiger partial charge in [-0.3, -0.25) is 9.89 Å². The van der Waals surface area contributed by atoms with Crippen molar-refractivity contribution in [1.82, 2.24) is 15.1 Å². The third-order valence-corrected chi connectivity index (χ3v) is 3.85. The van der Waals surface area contributed by atoms with Crippen molar-refractivity contribution >= 4 is 12.1 Å². The lowest BCUT2D eigenvalue weighted by Crippen LogP contribution is -2.43. The molecular weight excluding hydrogens is 334 g/mol. The van der Waals surface area contributed by atoms with Crippen molar-refractivity contribution in [1.29, 1.82) is 0 Å². The van der Waals surface area contributed by atoms with Crippen LogP contribution in [0.3, 0.4) is 0 Å². The second-order valence-corrected chi connectivity index (χ2v) is 7.47. The molecule has 0 saturated carbocycles. The fourth-order valence-electron chi connectivity index (χ4n) is 2.58. The molecule has 1 rings (SSSR count). The van der Waals surface area contributed by atoms with Crippen LogP contribution in [0.1, 0.15) is 40.5 Å². The molecule has 0 aromatic carbocycles. The Morgan fingerprint density at radius 3 is 2.62 bits per heavy atom. The van der Waals surface area contributed by atoms with Gasteiger partial charge in [-0.2, -0.15) is 0 Å². The van der Waals surface area contributed by atoms with E-state index in [9.17, 15) is 4.79 Å². The Kier molecular flexibility index (Phi) is 10.3. The first kappa shape index (κ1) is 22.5. The van der Waals surface area contributed by atoms with Gasteiger partial charge < -0.3 is 25.4 Å². The molecule has 0 radical (unpaired) electrons. The number of nitrogens with zero attached hydrogens (tertiary/aromatic N) is 3. The van der Waals surface area contributed by atoms with Crippen LogP contribution in [0.5, 0.6) is 0 Å². The van der Waals surface area contributed by atoms with Gasteiger partial charge in [0, 0.05) is 45.8 Å². The van der Waals surface area contributed by atoms with Crippen molar-refractivity contribution < 1.29 is 14.3 Å². The Morgan fingerprint density at radius 2 is 2.00 bits per heavy atom. The summed E-state index contributed by atoms with van der Waals surface area (Å²) in [6.07, 6.45) is 1.56. The maximum absolute atomic E-state index is 12.2. The highest BCUT2D eigenvalue weighted by Gasteiger charge is 2.21. The number of nitrogens with two attached hydrogens (primary N) is 1. The highest BCUT2D eigenvalue weighted by molar-refractivity contribution is 5.77. The molecule has 152 valence electrons. The van der Waals surface area contributed by atoms with Gasteiger partial charge in [0.15, 0.2) is 5.96 Å². The number of hydrogen-bond donors (Lipinski definition) is 2. The van der Waals surface area contributed by atoms with Crippen molar-refractivity contribution in [2.24, 2.45) is 10.7 Å². The summed E-state index contributed by atoms with van der Waals surface area (Å²) < 4.78 is 10.8. The van der Waals surface area contributed by atoms with E-state index >= 15 is 0 Å². The molecule has 0 atom stereocenters. The number of aliphatic imine (C=N–C) groups is 1. The average molecular weight is 372 g/mol. The second kappa shape index (κ2) is 12.0. The van der Waals surface area contributed by atoms with Crippen molar-refractivity contribution in [3.8, 4) is 0 Å². The number of rotatable bonds is 9. The van der Waals surface area contributed by atoms with Crippen LogP contribution >= 0.6 is 0 Å². The number of hydrogen-bond acceptors (Lipinski definition) is 5. The fourth-order valence-corrected chi connectivity index (χ4v) is 2.58. The number of amides is 1. The summed E-state index contributed by atoms with van der Waals surface area (Å²) in [5.74, 6) is 0.424. The van der Waals surface area contributed by atoms with E-state index in [2.05, 4.69) is 15.2 Å².